The number of carbonyl (C=O) groups excluding carboxylic acids is 4. The molecule has 0 heterocycles. The van der Waals surface area contributed by atoms with Crippen LogP contribution in [0.25, 0.3) is 12.2 Å². The zero-order valence-electron chi connectivity index (χ0n) is 33.2. The van der Waals surface area contributed by atoms with Crippen LogP contribution in [0.4, 0.5) is 21.0 Å². The van der Waals surface area contributed by atoms with Crippen LogP contribution >= 0.6 is 0 Å². The van der Waals surface area contributed by atoms with Crippen LogP contribution in [-0.4, -0.2) is 71.2 Å². The Morgan fingerprint density at radius 3 is 1.64 bits per heavy atom. The molecule has 0 aromatic heterocycles. The highest BCUT2D eigenvalue weighted by Gasteiger charge is 2.27. The van der Waals surface area contributed by atoms with Crippen molar-refractivity contribution in [2.45, 2.75) is 78.9 Å². The lowest BCUT2D eigenvalue weighted by Gasteiger charge is -2.29. The molecule has 296 valence electrons. The number of anilines is 2. The molecule has 4 amide bonds. The number of nitrogens with one attached hydrogen (secondary N) is 2. The van der Waals surface area contributed by atoms with Gasteiger partial charge in [0.25, 0.3) is 0 Å². The standard InChI is InChI=1S/C45H54N4O7/c1-7-28-49(44(53)55-32-38-16-12-9-13-17-38)34(3)42(51)47-40-26-22-36(23-27-40)19-18-35-20-24-39(25-21-35)46-41(50)30-48(29-33(2)56-45(4,5)6)43(52)54-31-37-14-10-8-11-15-37/h8-27,33-34H,7,28-32H2,1-6H3,(H,46,50)(H,47,51)/b19-18+/t33-,34+/m1/s1. The van der Waals surface area contributed by atoms with Crippen molar-refractivity contribution in [3.63, 3.8) is 0 Å². The average molecular weight is 763 g/mol. The highest BCUT2D eigenvalue weighted by molar-refractivity contribution is 5.96. The molecule has 0 aliphatic carbocycles. The Bertz CT molecular complexity index is 1880. The third-order valence-electron chi connectivity index (χ3n) is 8.42. The van der Waals surface area contributed by atoms with Crippen LogP contribution in [0.5, 0.6) is 0 Å². The normalized spacial score (nSPS) is 12.3. The lowest BCUT2D eigenvalue weighted by molar-refractivity contribution is -0.120. The first-order valence-electron chi connectivity index (χ1n) is 18.9. The number of hydrogen-bond acceptors (Lipinski definition) is 7. The second kappa shape index (κ2) is 21.2. The van der Waals surface area contributed by atoms with Crippen LogP contribution in [0.2, 0.25) is 0 Å². The fourth-order valence-electron chi connectivity index (χ4n) is 5.76. The molecule has 4 aromatic carbocycles. The summed E-state index contributed by atoms with van der Waals surface area (Å²) >= 11 is 0. The maximum absolute atomic E-state index is 13.1. The van der Waals surface area contributed by atoms with Crippen LogP contribution in [0.1, 0.15) is 70.2 Å². The maximum atomic E-state index is 13.1. The Hall–Kier alpha value is -5.94. The van der Waals surface area contributed by atoms with Gasteiger partial charge in [0, 0.05) is 17.9 Å². The van der Waals surface area contributed by atoms with Crippen LogP contribution in [-0.2, 0) is 37.0 Å². The molecule has 0 radical (unpaired) electrons. The number of benzene rings is 4. The lowest BCUT2D eigenvalue weighted by atomic mass is 10.1. The average Bonchev–Trinajstić information content (AvgIpc) is 3.18. The van der Waals surface area contributed by atoms with Crippen molar-refractivity contribution in [2.24, 2.45) is 0 Å². The molecule has 4 aromatic rings. The Labute approximate surface area is 330 Å². The van der Waals surface area contributed by atoms with Gasteiger partial charge in [-0.1, -0.05) is 104 Å². The number of carbonyl (C=O) groups is 4. The van der Waals surface area contributed by atoms with Gasteiger partial charge < -0.3 is 24.8 Å². The van der Waals surface area contributed by atoms with Crippen LogP contribution in [0.15, 0.2) is 109 Å². The molecule has 0 spiro atoms. The number of rotatable bonds is 17. The van der Waals surface area contributed by atoms with E-state index in [-0.39, 0.29) is 44.2 Å². The van der Waals surface area contributed by atoms with Gasteiger partial charge in [0.05, 0.1) is 18.2 Å². The van der Waals surface area contributed by atoms with E-state index in [4.69, 9.17) is 14.2 Å². The van der Waals surface area contributed by atoms with E-state index in [1.807, 2.05) is 132 Å². The fourth-order valence-corrected chi connectivity index (χ4v) is 5.76. The summed E-state index contributed by atoms with van der Waals surface area (Å²) in [5.74, 6) is -0.680. The molecule has 0 fully saturated rings. The van der Waals surface area contributed by atoms with Gasteiger partial charge in [-0.15, -0.1) is 0 Å². The van der Waals surface area contributed by atoms with Crippen molar-refractivity contribution in [3.8, 4) is 0 Å². The summed E-state index contributed by atoms with van der Waals surface area (Å²) in [6.07, 6.45) is 3.08. The minimum atomic E-state index is -0.734. The van der Waals surface area contributed by atoms with Crippen LogP contribution < -0.4 is 10.6 Å². The number of amides is 4. The van der Waals surface area contributed by atoms with Gasteiger partial charge in [0.1, 0.15) is 25.8 Å². The zero-order valence-corrected chi connectivity index (χ0v) is 33.2. The molecule has 0 bridgehead atoms. The van der Waals surface area contributed by atoms with Crippen molar-refractivity contribution in [3.05, 3.63) is 131 Å². The Morgan fingerprint density at radius 2 is 1.16 bits per heavy atom. The summed E-state index contributed by atoms with van der Waals surface area (Å²) in [4.78, 5) is 55.0. The maximum Gasteiger partial charge on any atom is 0.410 e. The van der Waals surface area contributed by atoms with E-state index in [1.54, 1.807) is 31.2 Å². The van der Waals surface area contributed by atoms with Crippen molar-refractivity contribution < 1.29 is 33.4 Å². The minimum Gasteiger partial charge on any atom is -0.445 e. The minimum absolute atomic E-state index is 0.0921. The van der Waals surface area contributed by atoms with Gasteiger partial charge in [-0.05, 0) is 87.6 Å². The first kappa shape index (κ1) is 42.8. The number of nitrogens with zero attached hydrogens (tertiary/aromatic N) is 2. The summed E-state index contributed by atoms with van der Waals surface area (Å²) in [6, 6.07) is 32.7. The predicted octanol–water partition coefficient (Wildman–Crippen LogP) is 9.01. The van der Waals surface area contributed by atoms with Gasteiger partial charge in [-0.2, -0.15) is 0 Å². The zero-order chi connectivity index (χ0) is 40.5. The summed E-state index contributed by atoms with van der Waals surface area (Å²) in [7, 11) is 0. The van der Waals surface area contributed by atoms with Gasteiger partial charge in [-0.25, -0.2) is 9.59 Å². The fraction of sp³-hybridized carbons (Fsp3) is 0.333. The van der Waals surface area contributed by atoms with Crippen molar-refractivity contribution in [2.75, 3.05) is 30.3 Å². The van der Waals surface area contributed by atoms with Gasteiger partial charge in [0.15, 0.2) is 0 Å². The molecular formula is C45H54N4O7. The van der Waals surface area contributed by atoms with Crippen molar-refractivity contribution in [1.29, 1.82) is 0 Å². The largest absolute Gasteiger partial charge is 0.445 e. The van der Waals surface area contributed by atoms with Crippen LogP contribution in [0.3, 0.4) is 0 Å². The van der Waals surface area contributed by atoms with E-state index in [0.717, 1.165) is 22.3 Å². The molecule has 2 atom stereocenters. The Balaban J connectivity index is 1.29. The van der Waals surface area contributed by atoms with E-state index in [1.165, 1.54) is 9.80 Å². The SMILES string of the molecule is CCCN(C(=O)OCc1ccccc1)[C@@H](C)C(=O)Nc1ccc(/C=C/c2ccc(NC(=O)CN(C[C@@H](C)OC(C)(C)C)C(=O)OCc3ccccc3)cc2)cc1. The summed E-state index contributed by atoms with van der Waals surface area (Å²) < 4.78 is 17.0. The second-order valence-electron chi connectivity index (χ2n) is 14.5. The monoisotopic (exact) mass is 762 g/mol. The molecule has 0 aliphatic heterocycles. The molecule has 2 N–H and O–H groups in total. The molecular weight excluding hydrogens is 709 g/mol. The quantitative estimate of drug-likeness (QED) is 0.103. The first-order valence-corrected chi connectivity index (χ1v) is 18.9. The van der Waals surface area contributed by atoms with E-state index in [0.29, 0.717) is 24.3 Å². The number of hydrogen-bond donors (Lipinski definition) is 2. The lowest BCUT2D eigenvalue weighted by Crippen LogP contribution is -2.46. The molecule has 0 saturated carbocycles. The van der Waals surface area contributed by atoms with Gasteiger partial charge in [-0.3, -0.25) is 19.4 Å². The Morgan fingerprint density at radius 1 is 0.679 bits per heavy atom. The van der Waals surface area contributed by atoms with E-state index in [2.05, 4.69) is 10.6 Å². The predicted molar refractivity (Wildman–Crippen MR) is 221 cm³/mol. The summed E-state index contributed by atoms with van der Waals surface area (Å²) in [5, 5.41) is 5.77. The van der Waals surface area contributed by atoms with Crippen molar-refractivity contribution >= 4 is 47.5 Å². The van der Waals surface area contributed by atoms with E-state index >= 15 is 0 Å². The highest BCUT2D eigenvalue weighted by atomic mass is 16.6. The van der Waals surface area contributed by atoms with Gasteiger partial charge in [0.2, 0.25) is 11.8 Å². The molecule has 11 heteroatoms. The highest BCUT2D eigenvalue weighted by Crippen LogP contribution is 2.18. The van der Waals surface area contributed by atoms with Crippen LogP contribution in [0, 0.1) is 0 Å². The molecule has 56 heavy (non-hydrogen) atoms. The van der Waals surface area contributed by atoms with Crippen molar-refractivity contribution in [1.82, 2.24) is 9.80 Å². The third kappa shape index (κ3) is 14.7. The first-order chi connectivity index (χ1) is 26.8. The molecule has 11 nitrogen and oxygen atoms in total. The van der Waals surface area contributed by atoms with Gasteiger partial charge >= 0.3 is 12.2 Å². The smallest absolute Gasteiger partial charge is 0.410 e. The topological polar surface area (TPSA) is 127 Å². The summed E-state index contributed by atoms with van der Waals surface area (Å²) in [6.45, 7) is 11.9. The molecule has 0 unspecified atom stereocenters. The molecule has 4 rings (SSSR count). The molecule has 0 aliphatic rings. The second-order valence-corrected chi connectivity index (χ2v) is 14.5. The Kier molecular flexibility index (Phi) is 16.2. The number of ether oxygens (including phenoxy) is 3. The van der Waals surface area contributed by atoms with E-state index in [9.17, 15) is 19.2 Å². The summed E-state index contributed by atoms with van der Waals surface area (Å²) in [5.41, 5.74) is 4.31. The van der Waals surface area contributed by atoms with E-state index < -0.39 is 23.8 Å². The molecule has 0 saturated heterocycles. The third-order valence-corrected chi connectivity index (χ3v) is 8.42.